The van der Waals surface area contributed by atoms with Gasteiger partial charge in [0, 0.05) is 26.6 Å². The van der Waals surface area contributed by atoms with Gasteiger partial charge in [-0.1, -0.05) is 36.4 Å². The molecule has 8 nitrogen and oxygen atoms in total. The molecule has 0 aliphatic carbocycles. The smallest absolute Gasteiger partial charge is 0.329 e. The minimum atomic E-state index is -0.855. The predicted octanol–water partition coefficient (Wildman–Crippen LogP) is 3.45. The minimum absolute atomic E-state index is 0.147. The lowest BCUT2D eigenvalue weighted by molar-refractivity contribution is -0.156. The summed E-state index contributed by atoms with van der Waals surface area (Å²) in [6.45, 7) is 2.71. The SMILES string of the molecule is CCOc1ccc(CN(C)C(=O)COC(=O)[C@@H]2Cc3ccccc3CN2C(=O)c2ccco2)cc1. The molecule has 0 fully saturated rings. The molecule has 0 bridgehead atoms. The Hall–Kier alpha value is -4.07. The summed E-state index contributed by atoms with van der Waals surface area (Å²) in [5, 5.41) is 0. The van der Waals surface area contributed by atoms with Crippen LogP contribution in [0.1, 0.15) is 34.2 Å². The Bertz CT molecular complexity index is 1170. The van der Waals surface area contributed by atoms with Crippen LogP contribution in [0.5, 0.6) is 5.75 Å². The number of likely N-dealkylation sites (N-methyl/N-ethyl adjacent to an activating group) is 1. The molecule has 1 atom stereocenters. The average molecular weight is 477 g/mol. The molecule has 0 spiro atoms. The number of hydrogen-bond acceptors (Lipinski definition) is 6. The van der Waals surface area contributed by atoms with Crippen molar-refractivity contribution in [2.45, 2.75) is 32.5 Å². The lowest BCUT2D eigenvalue weighted by Crippen LogP contribution is -2.49. The fourth-order valence-electron chi connectivity index (χ4n) is 4.05. The first-order chi connectivity index (χ1) is 17.0. The molecule has 3 aromatic rings. The molecule has 1 aliphatic rings. The molecule has 0 N–H and O–H groups in total. The number of nitrogens with zero attached hydrogens (tertiary/aromatic N) is 2. The second-order valence-corrected chi connectivity index (χ2v) is 8.33. The second-order valence-electron chi connectivity index (χ2n) is 8.33. The van der Waals surface area contributed by atoms with Gasteiger partial charge in [0.05, 0.1) is 12.9 Å². The molecule has 182 valence electrons. The fourth-order valence-corrected chi connectivity index (χ4v) is 4.05. The van der Waals surface area contributed by atoms with Gasteiger partial charge >= 0.3 is 5.97 Å². The zero-order valence-electron chi connectivity index (χ0n) is 19.8. The number of furan rings is 1. The third-order valence-corrected chi connectivity index (χ3v) is 5.93. The Kier molecular flexibility index (Phi) is 7.50. The van der Waals surface area contributed by atoms with Gasteiger partial charge in [0.25, 0.3) is 11.8 Å². The highest BCUT2D eigenvalue weighted by atomic mass is 16.5. The highest BCUT2D eigenvalue weighted by molar-refractivity contribution is 5.95. The van der Waals surface area contributed by atoms with Crippen molar-refractivity contribution >= 4 is 17.8 Å². The lowest BCUT2D eigenvalue weighted by Gasteiger charge is -2.35. The van der Waals surface area contributed by atoms with Crippen LogP contribution in [0.25, 0.3) is 0 Å². The maximum Gasteiger partial charge on any atom is 0.329 e. The Morgan fingerprint density at radius 1 is 1.03 bits per heavy atom. The number of esters is 1. The number of fused-ring (bicyclic) bond motifs is 1. The quantitative estimate of drug-likeness (QED) is 0.463. The van der Waals surface area contributed by atoms with Crippen LogP contribution < -0.4 is 4.74 Å². The summed E-state index contributed by atoms with van der Waals surface area (Å²) in [7, 11) is 1.65. The molecule has 1 aliphatic heterocycles. The summed E-state index contributed by atoms with van der Waals surface area (Å²) in [4.78, 5) is 41.7. The van der Waals surface area contributed by atoms with E-state index in [1.807, 2.05) is 55.5 Å². The second kappa shape index (κ2) is 10.9. The van der Waals surface area contributed by atoms with Crippen molar-refractivity contribution in [2.75, 3.05) is 20.3 Å². The molecular weight excluding hydrogens is 448 g/mol. The van der Waals surface area contributed by atoms with Crippen LogP contribution in [0.15, 0.2) is 71.3 Å². The Morgan fingerprint density at radius 2 is 1.77 bits per heavy atom. The first-order valence-corrected chi connectivity index (χ1v) is 11.5. The predicted molar refractivity (Wildman–Crippen MR) is 128 cm³/mol. The summed E-state index contributed by atoms with van der Waals surface area (Å²) in [6, 6.07) is 17.5. The van der Waals surface area contributed by atoms with E-state index in [0.717, 1.165) is 22.4 Å². The first kappa shape index (κ1) is 24.1. The highest BCUT2D eigenvalue weighted by Gasteiger charge is 2.37. The Balaban J connectivity index is 1.39. The summed E-state index contributed by atoms with van der Waals surface area (Å²) in [5.74, 6) is -0.449. The van der Waals surface area contributed by atoms with Crippen molar-refractivity contribution < 1.29 is 28.3 Å². The largest absolute Gasteiger partial charge is 0.494 e. The molecule has 0 unspecified atom stereocenters. The van der Waals surface area contributed by atoms with Crippen LogP contribution in [-0.4, -0.2) is 53.9 Å². The Labute approximate surface area is 204 Å². The van der Waals surface area contributed by atoms with Crippen LogP contribution in [0.3, 0.4) is 0 Å². The number of carbonyl (C=O) groups excluding carboxylic acids is 3. The molecule has 8 heteroatoms. The van der Waals surface area contributed by atoms with Gasteiger partial charge in [0.2, 0.25) is 0 Å². The number of rotatable bonds is 8. The van der Waals surface area contributed by atoms with Crippen molar-refractivity contribution in [1.29, 1.82) is 0 Å². The molecular formula is C27H28N2O6. The van der Waals surface area contributed by atoms with E-state index < -0.39 is 24.5 Å². The van der Waals surface area contributed by atoms with Gasteiger partial charge in [-0.25, -0.2) is 4.79 Å². The maximum atomic E-state index is 13.0. The topological polar surface area (TPSA) is 89.3 Å². The zero-order chi connectivity index (χ0) is 24.8. The van der Waals surface area contributed by atoms with Crippen molar-refractivity contribution in [3.8, 4) is 5.75 Å². The maximum absolute atomic E-state index is 13.0. The summed E-state index contributed by atoms with van der Waals surface area (Å²) >= 11 is 0. The van der Waals surface area contributed by atoms with Crippen molar-refractivity contribution in [3.05, 3.63) is 89.4 Å². The van der Waals surface area contributed by atoms with Gasteiger partial charge in [-0.05, 0) is 47.9 Å². The van der Waals surface area contributed by atoms with E-state index >= 15 is 0 Å². The summed E-state index contributed by atoms with van der Waals surface area (Å²) < 4.78 is 16.1. The van der Waals surface area contributed by atoms with E-state index in [1.165, 1.54) is 16.1 Å². The molecule has 0 saturated carbocycles. The normalized spacial score (nSPS) is 14.7. The monoisotopic (exact) mass is 476 g/mol. The third-order valence-electron chi connectivity index (χ3n) is 5.93. The van der Waals surface area contributed by atoms with Crippen molar-refractivity contribution in [3.63, 3.8) is 0 Å². The third kappa shape index (κ3) is 5.71. The van der Waals surface area contributed by atoms with Gasteiger partial charge in [0.1, 0.15) is 11.8 Å². The van der Waals surface area contributed by atoms with E-state index in [-0.39, 0.29) is 18.2 Å². The number of carbonyl (C=O) groups is 3. The molecule has 2 aromatic carbocycles. The minimum Gasteiger partial charge on any atom is -0.494 e. The number of ether oxygens (including phenoxy) is 2. The summed E-state index contributed by atoms with van der Waals surface area (Å²) in [5.41, 5.74) is 2.86. The number of amides is 2. The van der Waals surface area contributed by atoms with Gasteiger partial charge in [-0.2, -0.15) is 0 Å². The van der Waals surface area contributed by atoms with Crippen LogP contribution in [0.4, 0.5) is 0 Å². The zero-order valence-corrected chi connectivity index (χ0v) is 19.8. The van der Waals surface area contributed by atoms with E-state index in [2.05, 4.69) is 0 Å². The molecule has 0 saturated heterocycles. The van der Waals surface area contributed by atoms with Gasteiger partial charge in [-0.15, -0.1) is 0 Å². The average Bonchev–Trinajstić information content (AvgIpc) is 3.42. The number of hydrogen-bond donors (Lipinski definition) is 0. The van der Waals surface area contributed by atoms with Crippen LogP contribution in [-0.2, 0) is 33.8 Å². The van der Waals surface area contributed by atoms with Gasteiger partial charge < -0.3 is 23.7 Å². The van der Waals surface area contributed by atoms with Gasteiger partial charge in [0.15, 0.2) is 12.4 Å². The molecule has 35 heavy (non-hydrogen) atoms. The van der Waals surface area contributed by atoms with E-state index in [4.69, 9.17) is 13.9 Å². The summed E-state index contributed by atoms with van der Waals surface area (Å²) in [6.07, 6.45) is 1.72. The number of benzene rings is 2. The van der Waals surface area contributed by atoms with Gasteiger partial charge in [-0.3, -0.25) is 9.59 Å². The molecule has 2 amide bonds. The van der Waals surface area contributed by atoms with E-state index in [9.17, 15) is 14.4 Å². The first-order valence-electron chi connectivity index (χ1n) is 11.5. The fraction of sp³-hybridized carbons (Fsp3) is 0.296. The lowest BCUT2D eigenvalue weighted by atomic mass is 9.93. The highest BCUT2D eigenvalue weighted by Crippen LogP contribution is 2.26. The molecule has 2 heterocycles. The van der Waals surface area contributed by atoms with Crippen molar-refractivity contribution in [1.82, 2.24) is 9.80 Å². The Morgan fingerprint density at radius 3 is 2.46 bits per heavy atom. The van der Waals surface area contributed by atoms with Crippen LogP contribution in [0, 0.1) is 0 Å². The van der Waals surface area contributed by atoms with Crippen LogP contribution >= 0.6 is 0 Å². The molecule has 0 radical (unpaired) electrons. The molecule has 1 aromatic heterocycles. The van der Waals surface area contributed by atoms with E-state index in [1.54, 1.807) is 19.2 Å². The standard InChI is InChI=1S/C27H28N2O6/c1-3-33-22-12-10-19(11-13-22)16-28(2)25(30)18-35-27(32)23-15-20-7-4-5-8-21(20)17-29(23)26(31)24-9-6-14-34-24/h4-14,23H,3,15-18H2,1-2H3/t23-/m0/s1. The molecule has 4 rings (SSSR count). The van der Waals surface area contributed by atoms with Crippen molar-refractivity contribution in [2.24, 2.45) is 0 Å². The van der Waals surface area contributed by atoms with Crippen LogP contribution in [0.2, 0.25) is 0 Å². The van der Waals surface area contributed by atoms with E-state index in [0.29, 0.717) is 19.6 Å².